The Morgan fingerprint density at radius 1 is 1.22 bits per heavy atom. The first-order valence-electron chi connectivity index (χ1n) is 10.2. The second-order valence-electron chi connectivity index (χ2n) is 7.64. The van der Waals surface area contributed by atoms with Gasteiger partial charge in [0.05, 0.1) is 17.6 Å². The van der Waals surface area contributed by atoms with E-state index in [0.717, 1.165) is 4.90 Å². The predicted octanol–water partition coefficient (Wildman–Crippen LogP) is 4.07. The van der Waals surface area contributed by atoms with E-state index in [0.29, 0.717) is 5.01 Å². The molecule has 0 saturated heterocycles. The van der Waals surface area contributed by atoms with Crippen molar-refractivity contribution in [3.05, 3.63) is 75.7 Å². The molecule has 5 rings (SSSR count). The Morgan fingerprint density at radius 3 is 2.69 bits per heavy atom. The van der Waals surface area contributed by atoms with Crippen LogP contribution >= 0.6 is 11.3 Å². The quantitative estimate of drug-likeness (QED) is 0.339. The molecule has 1 unspecified atom stereocenters. The summed E-state index contributed by atoms with van der Waals surface area (Å²) in [5.74, 6) is -3.28. The molecule has 1 atom stereocenters. The van der Waals surface area contributed by atoms with Crippen LogP contribution in [0.25, 0.3) is 11.0 Å². The van der Waals surface area contributed by atoms with Crippen molar-refractivity contribution in [3.8, 4) is 0 Å². The first kappa shape index (κ1) is 23.3. The van der Waals surface area contributed by atoms with Crippen LogP contribution in [0.4, 0.5) is 23.9 Å². The van der Waals surface area contributed by atoms with Gasteiger partial charge in [0.25, 0.3) is 5.91 Å². The molecule has 2 aromatic heterocycles. The van der Waals surface area contributed by atoms with Crippen LogP contribution in [-0.2, 0) is 21.8 Å². The number of alkyl halides is 3. The Hall–Kier alpha value is -4.46. The van der Waals surface area contributed by atoms with Gasteiger partial charge in [-0.05, 0) is 18.2 Å². The Bertz CT molecular complexity index is 1500. The Balaban J connectivity index is 1.74. The fourth-order valence-corrected chi connectivity index (χ4v) is 4.71. The van der Waals surface area contributed by atoms with Gasteiger partial charge in [-0.3, -0.25) is 15.0 Å². The number of rotatable bonds is 5. The minimum Gasteiger partial charge on any atom is -0.465 e. The number of hydrogen-bond donors (Lipinski definition) is 3. The second kappa shape index (κ2) is 8.34. The molecule has 10 nitrogen and oxygen atoms in total. The van der Waals surface area contributed by atoms with Crippen LogP contribution in [0.3, 0.4) is 0 Å². The molecular formula is C22H14F3N5O5S. The highest BCUT2D eigenvalue weighted by atomic mass is 32.1. The lowest BCUT2D eigenvalue weighted by molar-refractivity contribution is -0.222. The fraction of sp³-hybridized carbons (Fsp3) is 0.136. The number of anilines is 1. The first-order valence-corrected chi connectivity index (χ1v) is 11.1. The molecular weight excluding hydrogens is 503 g/mol. The van der Waals surface area contributed by atoms with Gasteiger partial charge < -0.3 is 14.8 Å². The smallest absolute Gasteiger partial charge is 0.465 e. The summed E-state index contributed by atoms with van der Waals surface area (Å²) in [6, 6.07) is 10.0. The highest BCUT2D eigenvalue weighted by Crippen LogP contribution is 2.47. The van der Waals surface area contributed by atoms with E-state index in [4.69, 9.17) is 9.84 Å². The van der Waals surface area contributed by atoms with E-state index in [1.54, 1.807) is 11.4 Å². The van der Waals surface area contributed by atoms with Crippen LogP contribution in [0.2, 0.25) is 0 Å². The zero-order valence-corrected chi connectivity index (χ0v) is 18.7. The highest BCUT2D eigenvalue weighted by Gasteiger charge is 2.57. The molecule has 36 heavy (non-hydrogen) atoms. The maximum atomic E-state index is 13.5. The molecule has 3 N–H and O–H groups in total. The van der Waals surface area contributed by atoms with E-state index >= 15 is 0 Å². The molecule has 1 aliphatic rings. The minimum atomic E-state index is -5.35. The molecule has 0 radical (unpaired) electrons. The number of benzene rings is 2. The number of carboxylic acid groups (broad SMARTS) is 1. The number of carbonyl (C=O) groups is 3. The molecule has 0 bridgehead atoms. The van der Waals surface area contributed by atoms with Crippen LogP contribution in [0, 0.1) is 0 Å². The third-order valence-corrected chi connectivity index (χ3v) is 6.26. The Morgan fingerprint density at radius 2 is 2.00 bits per heavy atom. The molecule has 1 aliphatic heterocycles. The van der Waals surface area contributed by atoms with Crippen LogP contribution in [-0.4, -0.2) is 49.1 Å². The number of nitrogens with zero attached hydrogens (tertiary/aromatic N) is 3. The second-order valence-corrected chi connectivity index (χ2v) is 8.62. The maximum absolute atomic E-state index is 13.5. The van der Waals surface area contributed by atoms with Gasteiger partial charge in [-0.2, -0.15) is 13.2 Å². The van der Waals surface area contributed by atoms with E-state index in [-0.39, 0.29) is 40.2 Å². The SMILES string of the molecule is O=C(O)Nc1nc2ccc(C3(OC(=O)C(F)(F)F)c4ccccc4C(=O)N3Cc3nccs3)cc2[nH]1. The summed E-state index contributed by atoms with van der Waals surface area (Å²) >= 11 is 1.17. The number of thiazole rings is 1. The van der Waals surface area contributed by atoms with Crippen LogP contribution in [0.5, 0.6) is 0 Å². The lowest BCUT2D eigenvalue weighted by Gasteiger charge is -2.38. The van der Waals surface area contributed by atoms with Crippen molar-refractivity contribution in [2.24, 2.45) is 0 Å². The van der Waals surface area contributed by atoms with Gasteiger partial charge in [-0.15, -0.1) is 11.3 Å². The van der Waals surface area contributed by atoms with E-state index < -0.39 is 29.9 Å². The van der Waals surface area contributed by atoms with E-state index in [1.165, 1.54) is 53.9 Å². The molecule has 0 saturated carbocycles. The molecule has 2 aromatic carbocycles. The Kier molecular flexibility index (Phi) is 5.39. The number of nitrogens with one attached hydrogen (secondary N) is 2. The number of aromatic nitrogens is 3. The van der Waals surface area contributed by atoms with Crippen molar-refractivity contribution in [2.75, 3.05) is 5.32 Å². The van der Waals surface area contributed by atoms with Crippen molar-refractivity contribution in [3.63, 3.8) is 0 Å². The van der Waals surface area contributed by atoms with Gasteiger partial charge in [0.1, 0.15) is 5.01 Å². The number of imidazole rings is 1. The first-order chi connectivity index (χ1) is 17.1. The molecule has 3 heterocycles. The van der Waals surface area contributed by atoms with Crippen molar-refractivity contribution in [1.29, 1.82) is 0 Å². The number of ether oxygens (including phenoxy) is 1. The van der Waals surface area contributed by atoms with Crippen LogP contribution in [0.15, 0.2) is 54.0 Å². The summed E-state index contributed by atoms with van der Waals surface area (Å²) in [5, 5.41) is 13.0. The molecule has 184 valence electrons. The zero-order chi connectivity index (χ0) is 25.7. The monoisotopic (exact) mass is 517 g/mol. The normalized spacial score (nSPS) is 17.3. The number of amides is 2. The Labute approximate surface area is 203 Å². The lowest BCUT2D eigenvalue weighted by Crippen LogP contribution is -2.49. The van der Waals surface area contributed by atoms with E-state index in [1.807, 2.05) is 0 Å². The van der Waals surface area contributed by atoms with Crippen molar-refractivity contribution in [1.82, 2.24) is 19.9 Å². The van der Waals surface area contributed by atoms with Crippen LogP contribution in [0.1, 0.15) is 26.5 Å². The number of esters is 1. The lowest BCUT2D eigenvalue weighted by atomic mass is 9.93. The number of H-pyrrole nitrogens is 1. The molecule has 0 fully saturated rings. The van der Waals surface area contributed by atoms with Gasteiger partial charge in [-0.1, -0.05) is 24.3 Å². The number of hydrogen-bond acceptors (Lipinski definition) is 7. The zero-order valence-electron chi connectivity index (χ0n) is 17.9. The number of aromatic amines is 1. The van der Waals surface area contributed by atoms with Crippen molar-refractivity contribution >= 4 is 46.3 Å². The molecule has 0 spiro atoms. The summed E-state index contributed by atoms with van der Waals surface area (Å²) in [7, 11) is 0. The van der Waals surface area contributed by atoms with E-state index in [2.05, 4.69) is 20.3 Å². The predicted molar refractivity (Wildman–Crippen MR) is 119 cm³/mol. The molecule has 0 aliphatic carbocycles. The largest absolute Gasteiger partial charge is 0.491 e. The molecule has 14 heteroatoms. The van der Waals surface area contributed by atoms with Crippen LogP contribution < -0.4 is 5.32 Å². The minimum absolute atomic E-state index is 0.00739. The topological polar surface area (TPSA) is 138 Å². The summed E-state index contributed by atoms with van der Waals surface area (Å²) < 4.78 is 45.6. The third kappa shape index (κ3) is 3.80. The highest BCUT2D eigenvalue weighted by molar-refractivity contribution is 7.09. The van der Waals surface area contributed by atoms with Gasteiger partial charge >= 0.3 is 18.2 Å². The molecule has 2 amide bonds. The van der Waals surface area contributed by atoms with Gasteiger partial charge in [0.2, 0.25) is 11.7 Å². The van der Waals surface area contributed by atoms with Gasteiger partial charge in [-0.25, -0.2) is 19.6 Å². The summed E-state index contributed by atoms with van der Waals surface area (Å²) in [6.45, 7) is -0.247. The number of halogens is 3. The van der Waals surface area contributed by atoms with Gasteiger partial charge in [0, 0.05) is 28.3 Å². The van der Waals surface area contributed by atoms with Crippen molar-refractivity contribution in [2.45, 2.75) is 18.4 Å². The summed E-state index contributed by atoms with van der Waals surface area (Å²) in [6.07, 6.45) is -5.25. The number of carbonyl (C=O) groups excluding carboxylic acids is 2. The van der Waals surface area contributed by atoms with Crippen molar-refractivity contribution < 1.29 is 37.4 Å². The third-order valence-electron chi connectivity index (χ3n) is 5.50. The average Bonchev–Trinajstić information content (AvgIpc) is 3.52. The fourth-order valence-electron chi connectivity index (χ4n) is 4.10. The maximum Gasteiger partial charge on any atom is 0.491 e. The van der Waals surface area contributed by atoms with E-state index in [9.17, 15) is 27.6 Å². The summed E-state index contributed by atoms with van der Waals surface area (Å²) in [4.78, 5) is 48.6. The average molecular weight is 517 g/mol. The standard InChI is InChI=1S/C22H14F3N5O5S/c23-22(24,25)18(32)35-21(11-5-6-14-15(9-11)28-19(27-14)29-20(33)34)13-4-2-1-3-12(13)17(31)30(21)10-16-26-7-8-36-16/h1-9H,10H2,(H,33,34)(H2,27,28,29). The number of fused-ring (bicyclic) bond motifs is 2. The molecule has 4 aromatic rings. The summed E-state index contributed by atoms with van der Waals surface area (Å²) in [5.41, 5.74) is -1.69. The van der Waals surface area contributed by atoms with Gasteiger partial charge in [0.15, 0.2) is 0 Å².